The molecule has 1 heterocycles. The van der Waals surface area contributed by atoms with E-state index in [-0.39, 0.29) is 5.91 Å². The van der Waals surface area contributed by atoms with Crippen LogP contribution in [0.25, 0.3) is 0 Å². The molecule has 6 nitrogen and oxygen atoms in total. The van der Waals surface area contributed by atoms with Crippen molar-refractivity contribution in [2.75, 3.05) is 53.5 Å². The van der Waals surface area contributed by atoms with Crippen molar-refractivity contribution in [3.63, 3.8) is 0 Å². The van der Waals surface area contributed by atoms with E-state index >= 15 is 0 Å². The Hall–Kier alpha value is -2.57. The lowest BCUT2D eigenvalue weighted by Gasteiger charge is -2.34. The van der Waals surface area contributed by atoms with Crippen LogP contribution < -0.4 is 14.8 Å². The quantitative estimate of drug-likeness (QED) is 0.561. The van der Waals surface area contributed by atoms with E-state index in [2.05, 4.69) is 45.4 Å². The minimum Gasteiger partial charge on any atom is -0.493 e. The summed E-state index contributed by atoms with van der Waals surface area (Å²) in [5.41, 5.74) is 2.45. The van der Waals surface area contributed by atoms with Gasteiger partial charge in [0.2, 0.25) is 5.91 Å². The molecule has 1 aliphatic rings. The third-order valence-corrected chi connectivity index (χ3v) is 5.78. The molecule has 2 aromatic carbocycles. The number of rotatable bonds is 11. The fraction of sp³-hybridized carbons (Fsp3) is 0.480. The standard InChI is InChI=1S/C25H35N3O3/c1-30-23-11-9-21(19-24(23)31-2)10-12-25(29)26-13-6-14-27-15-17-28(18-16-27)20-22-7-4-3-5-8-22/h3-5,7-9,11,19H,6,10,12-18,20H2,1-2H3,(H,26,29). The Morgan fingerprint density at radius 3 is 2.32 bits per heavy atom. The third kappa shape index (κ3) is 7.56. The number of nitrogens with one attached hydrogen (secondary N) is 1. The summed E-state index contributed by atoms with van der Waals surface area (Å²) in [5, 5.41) is 3.05. The predicted molar refractivity (Wildman–Crippen MR) is 124 cm³/mol. The van der Waals surface area contributed by atoms with Gasteiger partial charge >= 0.3 is 0 Å². The summed E-state index contributed by atoms with van der Waals surface area (Å²) in [4.78, 5) is 17.2. The van der Waals surface area contributed by atoms with Gasteiger partial charge in [0.1, 0.15) is 0 Å². The number of carbonyl (C=O) groups excluding carboxylic acids is 1. The SMILES string of the molecule is COc1ccc(CCC(=O)NCCCN2CCN(Cc3ccccc3)CC2)cc1OC. The van der Waals surface area contributed by atoms with Crippen molar-refractivity contribution in [2.45, 2.75) is 25.8 Å². The predicted octanol–water partition coefficient (Wildman–Crippen LogP) is 2.96. The fourth-order valence-electron chi connectivity index (χ4n) is 3.93. The lowest BCUT2D eigenvalue weighted by molar-refractivity contribution is -0.121. The molecular weight excluding hydrogens is 390 g/mol. The first-order valence-corrected chi connectivity index (χ1v) is 11.1. The molecule has 0 aliphatic carbocycles. The second-order valence-corrected chi connectivity index (χ2v) is 8.00. The molecule has 2 aromatic rings. The summed E-state index contributed by atoms with van der Waals surface area (Å²) in [7, 11) is 3.24. The van der Waals surface area contributed by atoms with E-state index in [0.717, 1.165) is 57.8 Å². The lowest BCUT2D eigenvalue weighted by Crippen LogP contribution is -2.46. The molecule has 0 atom stereocenters. The highest BCUT2D eigenvalue weighted by molar-refractivity contribution is 5.76. The van der Waals surface area contributed by atoms with Gasteiger partial charge in [-0.3, -0.25) is 9.69 Å². The van der Waals surface area contributed by atoms with Crippen molar-refractivity contribution in [3.05, 3.63) is 59.7 Å². The van der Waals surface area contributed by atoms with Crippen LogP contribution in [0.5, 0.6) is 11.5 Å². The zero-order valence-corrected chi connectivity index (χ0v) is 18.8. The number of ether oxygens (including phenoxy) is 2. The minimum absolute atomic E-state index is 0.0995. The third-order valence-electron chi connectivity index (χ3n) is 5.78. The molecule has 0 bridgehead atoms. The maximum atomic E-state index is 12.2. The maximum absolute atomic E-state index is 12.2. The monoisotopic (exact) mass is 425 g/mol. The van der Waals surface area contributed by atoms with Gasteiger partial charge in [-0.2, -0.15) is 0 Å². The van der Waals surface area contributed by atoms with E-state index in [0.29, 0.717) is 24.3 Å². The summed E-state index contributed by atoms with van der Waals surface area (Å²) in [6, 6.07) is 16.5. The van der Waals surface area contributed by atoms with Crippen molar-refractivity contribution in [2.24, 2.45) is 0 Å². The van der Waals surface area contributed by atoms with Crippen LogP contribution in [0.1, 0.15) is 24.0 Å². The molecule has 31 heavy (non-hydrogen) atoms. The van der Waals surface area contributed by atoms with Gasteiger partial charge in [-0.05, 0) is 42.6 Å². The van der Waals surface area contributed by atoms with Gasteiger partial charge in [-0.25, -0.2) is 0 Å². The number of hydrogen-bond acceptors (Lipinski definition) is 5. The molecule has 0 saturated carbocycles. The van der Waals surface area contributed by atoms with Crippen LogP contribution in [0.4, 0.5) is 0 Å². The van der Waals surface area contributed by atoms with Gasteiger partial charge in [0.05, 0.1) is 14.2 Å². The fourth-order valence-corrected chi connectivity index (χ4v) is 3.93. The van der Waals surface area contributed by atoms with E-state index in [1.807, 2.05) is 18.2 Å². The number of methoxy groups -OCH3 is 2. The van der Waals surface area contributed by atoms with Gasteiger partial charge in [0, 0.05) is 45.7 Å². The molecule has 1 amide bonds. The molecular formula is C25H35N3O3. The number of hydrogen-bond donors (Lipinski definition) is 1. The van der Waals surface area contributed by atoms with Crippen molar-refractivity contribution in [1.82, 2.24) is 15.1 Å². The number of piperazine rings is 1. The Labute approximate surface area is 186 Å². The Balaban J connectivity index is 1.27. The number of aryl methyl sites for hydroxylation is 1. The summed E-state index contributed by atoms with van der Waals surface area (Å²) in [5.74, 6) is 1.50. The molecule has 1 N–H and O–H groups in total. The molecule has 6 heteroatoms. The van der Waals surface area contributed by atoms with E-state index in [1.165, 1.54) is 5.56 Å². The molecule has 168 valence electrons. The van der Waals surface area contributed by atoms with Crippen LogP contribution in [-0.4, -0.2) is 69.2 Å². The Morgan fingerprint density at radius 2 is 1.61 bits per heavy atom. The lowest BCUT2D eigenvalue weighted by atomic mass is 10.1. The van der Waals surface area contributed by atoms with Gasteiger partial charge in [0.25, 0.3) is 0 Å². The first kappa shape index (κ1) is 23.1. The van der Waals surface area contributed by atoms with Gasteiger partial charge in [0.15, 0.2) is 11.5 Å². The van der Waals surface area contributed by atoms with Crippen LogP contribution in [0.15, 0.2) is 48.5 Å². The van der Waals surface area contributed by atoms with Crippen LogP contribution >= 0.6 is 0 Å². The number of amides is 1. The normalized spacial score (nSPS) is 14.9. The average Bonchev–Trinajstić information content (AvgIpc) is 2.82. The van der Waals surface area contributed by atoms with Gasteiger partial charge in [-0.1, -0.05) is 36.4 Å². The second kappa shape index (κ2) is 12.3. The number of nitrogens with zero attached hydrogens (tertiary/aromatic N) is 2. The molecule has 0 spiro atoms. The maximum Gasteiger partial charge on any atom is 0.220 e. The van der Waals surface area contributed by atoms with E-state index in [4.69, 9.17) is 9.47 Å². The Morgan fingerprint density at radius 1 is 0.903 bits per heavy atom. The molecule has 1 fully saturated rings. The van der Waals surface area contributed by atoms with E-state index < -0.39 is 0 Å². The van der Waals surface area contributed by atoms with Crippen LogP contribution in [-0.2, 0) is 17.8 Å². The minimum atomic E-state index is 0.0995. The van der Waals surface area contributed by atoms with Gasteiger partial charge in [-0.15, -0.1) is 0 Å². The summed E-state index contributed by atoms with van der Waals surface area (Å²) < 4.78 is 10.6. The van der Waals surface area contributed by atoms with Crippen LogP contribution in [0.2, 0.25) is 0 Å². The van der Waals surface area contributed by atoms with E-state index in [1.54, 1.807) is 14.2 Å². The topological polar surface area (TPSA) is 54.0 Å². The summed E-state index contributed by atoms with van der Waals surface area (Å²) in [6.45, 7) is 7.20. The van der Waals surface area contributed by atoms with Crippen LogP contribution in [0, 0.1) is 0 Å². The average molecular weight is 426 g/mol. The first-order chi connectivity index (χ1) is 15.2. The highest BCUT2D eigenvalue weighted by Gasteiger charge is 2.16. The molecule has 3 rings (SSSR count). The van der Waals surface area contributed by atoms with Gasteiger partial charge < -0.3 is 19.7 Å². The molecule has 0 radical (unpaired) electrons. The van der Waals surface area contributed by atoms with Crippen molar-refractivity contribution in [1.29, 1.82) is 0 Å². The summed E-state index contributed by atoms with van der Waals surface area (Å²) in [6.07, 6.45) is 2.16. The van der Waals surface area contributed by atoms with Crippen molar-refractivity contribution >= 4 is 5.91 Å². The zero-order chi connectivity index (χ0) is 21.9. The molecule has 1 aliphatic heterocycles. The molecule has 0 unspecified atom stereocenters. The molecule has 1 saturated heterocycles. The second-order valence-electron chi connectivity index (χ2n) is 8.00. The number of benzene rings is 2. The smallest absolute Gasteiger partial charge is 0.220 e. The number of carbonyl (C=O) groups is 1. The van der Waals surface area contributed by atoms with Crippen molar-refractivity contribution < 1.29 is 14.3 Å². The molecule has 0 aromatic heterocycles. The Bertz CT molecular complexity index is 805. The highest BCUT2D eigenvalue weighted by Crippen LogP contribution is 2.27. The Kier molecular flexibility index (Phi) is 9.18. The summed E-state index contributed by atoms with van der Waals surface area (Å²) >= 11 is 0. The highest BCUT2D eigenvalue weighted by atomic mass is 16.5. The first-order valence-electron chi connectivity index (χ1n) is 11.1. The zero-order valence-electron chi connectivity index (χ0n) is 18.8. The van der Waals surface area contributed by atoms with Crippen molar-refractivity contribution in [3.8, 4) is 11.5 Å². The van der Waals surface area contributed by atoms with Crippen LogP contribution in [0.3, 0.4) is 0 Å². The van der Waals surface area contributed by atoms with E-state index in [9.17, 15) is 4.79 Å². The largest absolute Gasteiger partial charge is 0.493 e.